The highest BCUT2D eigenvalue weighted by atomic mass is 16.6. The molecule has 1 aliphatic rings. The Morgan fingerprint density at radius 2 is 2.18 bits per heavy atom. The zero-order chi connectivity index (χ0) is 13.1. The van der Waals surface area contributed by atoms with Crippen molar-refractivity contribution in [3.05, 3.63) is 0 Å². The Morgan fingerprint density at radius 3 is 2.71 bits per heavy atom. The molecule has 1 fully saturated rings. The molecule has 0 aliphatic carbocycles. The average Bonchev–Trinajstić information content (AvgIpc) is 2.25. The number of rotatable bonds is 2. The maximum atomic E-state index is 12.0. The van der Waals surface area contributed by atoms with Crippen LogP contribution >= 0.6 is 0 Å². The Morgan fingerprint density at radius 1 is 1.53 bits per heavy atom. The van der Waals surface area contributed by atoms with Crippen LogP contribution in [0.4, 0.5) is 4.79 Å². The van der Waals surface area contributed by atoms with Crippen LogP contribution in [0.25, 0.3) is 0 Å². The lowest BCUT2D eigenvalue weighted by atomic mass is 10.0. The summed E-state index contributed by atoms with van der Waals surface area (Å²) in [6.45, 7) is 8.60. The molecule has 1 amide bonds. The smallest absolute Gasteiger partial charge is 0.410 e. The molecule has 1 aliphatic heterocycles. The Bertz CT molecular complexity index is 285. The zero-order valence-electron chi connectivity index (χ0n) is 10.9. The SMILES string of the molecule is CC(C=O)C1COCCN1C(=O)OC(C)(C)C. The minimum absolute atomic E-state index is 0.226. The van der Waals surface area contributed by atoms with Gasteiger partial charge in [-0.2, -0.15) is 0 Å². The lowest BCUT2D eigenvalue weighted by molar-refractivity contribution is -0.115. The number of hydrogen-bond donors (Lipinski definition) is 0. The van der Waals surface area contributed by atoms with Crippen molar-refractivity contribution < 1.29 is 19.1 Å². The average molecular weight is 243 g/mol. The van der Waals surface area contributed by atoms with Crippen LogP contribution < -0.4 is 0 Å². The van der Waals surface area contributed by atoms with E-state index < -0.39 is 5.60 Å². The minimum Gasteiger partial charge on any atom is -0.444 e. The summed E-state index contributed by atoms with van der Waals surface area (Å²) in [6.07, 6.45) is 0.469. The topological polar surface area (TPSA) is 55.8 Å². The summed E-state index contributed by atoms with van der Waals surface area (Å²) >= 11 is 0. The van der Waals surface area contributed by atoms with E-state index in [1.165, 1.54) is 0 Å². The van der Waals surface area contributed by atoms with Gasteiger partial charge in [-0.1, -0.05) is 6.92 Å². The van der Waals surface area contributed by atoms with Crippen LogP contribution in [-0.2, 0) is 14.3 Å². The summed E-state index contributed by atoms with van der Waals surface area (Å²) in [6, 6.07) is -0.226. The van der Waals surface area contributed by atoms with Gasteiger partial charge in [0.1, 0.15) is 11.9 Å². The Labute approximate surface area is 102 Å². The molecule has 1 saturated heterocycles. The molecule has 17 heavy (non-hydrogen) atoms. The molecule has 5 nitrogen and oxygen atoms in total. The number of carbonyl (C=O) groups excluding carboxylic acids is 2. The largest absolute Gasteiger partial charge is 0.444 e. The van der Waals surface area contributed by atoms with Gasteiger partial charge in [0, 0.05) is 12.5 Å². The van der Waals surface area contributed by atoms with Crippen molar-refractivity contribution in [3.8, 4) is 0 Å². The van der Waals surface area contributed by atoms with Crippen LogP contribution in [0.1, 0.15) is 27.7 Å². The number of hydrogen-bond acceptors (Lipinski definition) is 4. The third-order valence-corrected chi connectivity index (χ3v) is 2.62. The second-order valence-electron chi connectivity index (χ2n) is 5.31. The van der Waals surface area contributed by atoms with Crippen LogP contribution in [0.2, 0.25) is 0 Å². The van der Waals surface area contributed by atoms with Gasteiger partial charge in [-0.3, -0.25) is 4.90 Å². The second kappa shape index (κ2) is 5.49. The van der Waals surface area contributed by atoms with Crippen LogP contribution in [0, 0.1) is 5.92 Å². The number of amides is 1. The molecule has 0 aromatic rings. The van der Waals surface area contributed by atoms with Gasteiger partial charge < -0.3 is 14.3 Å². The number of morpholine rings is 1. The van der Waals surface area contributed by atoms with Crippen LogP contribution in [0.3, 0.4) is 0 Å². The molecule has 0 N–H and O–H groups in total. The van der Waals surface area contributed by atoms with Crippen molar-refractivity contribution >= 4 is 12.4 Å². The van der Waals surface area contributed by atoms with Gasteiger partial charge in [-0.25, -0.2) is 4.79 Å². The second-order valence-corrected chi connectivity index (χ2v) is 5.31. The minimum atomic E-state index is -0.523. The van der Waals surface area contributed by atoms with E-state index in [9.17, 15) is 9.59 Å². The third-order valence-electron chi connectivity index (χ3n) is 2.62. The highest BCUT2D eigenvalue weighted by Gasteiger charge is 2.33. The van der Waals surface area contributed by atoms with E-state index >= 15 is 0 Å². The molecule has 0 aromatic carbocycles. The summed E-state index contributed by atoms with van der Waals surface area (Å²) in [4.78, 5) is 24.4. The number of ether oxygens (including phenoxy) is 2. The Hall–Kier alpha value is -1.10. The molecular formula is C12H21NO4. The van der Waals surface area contributed by atoms with E-state index in [2.05, 4.69) is 0 Å². The first-order valence-electron chi connectivity index (χ1n) is 5.88. The lowest BCUT2D eigenvalue weighted by Crippen LogP contribution is -2.53. The first-order valence-corrected chi connectivity index (χ1v) is 5.88. The summed E-state index contributed by atoms with van der Waals surface area (Å²) in [5, 5.41) is 0. The van der Waals surface area contributed by atoms with Crippen LogP contribution in [-0.4, -0.2) is 48.7 Å². The number of nitrogens with zero attached hydrogens (tertiary/aromatic N) is 1. The Balaban J connectivity index is 2.70. The van der Waals surface area contributed by atoms with E-state index in [1.807, 2.05) is 20.8 Å². The molecule has 2 atom stereocenters. The highest BCUT2D eigenvalue weighted by Crippen LogP contribution is 2.18. The van der Waals surface area contributed by atoms with E-state index in [-0.39, 0.29) is 18.1 Å². The molecule has 1 heterocycles. The van der Waals surface area contributed by atoms with E-state index in [0.29, 0.717) is 19.8 Å². The van der Waals surface area contributed by atoms with Gasteiger partial charge >= 0.3 is 6.09 Å². The van der Waals surface area contributed by atoms with Crippen LogP contribution in [0.5, 0.6) is 0 Å². The summed E-state index contributed by atoms with van der Waals surface area (Å²) in [5.74, 6) is -0.247. The van der Waals surface area contributed by atoms with Gasteiger partial charge in [-0.05, 0) is 20.8 Å². The fourth-order valence-electron chi connectivity index (χ4n) is 1.70. The van der Waals surface area contributed by atoms with Gasteiger partial charge in [0.15, 0.2) is 0 Å². The molecule has 98 valence electrons. The van der Waals surface area contributed by atoms with Crippen molar-refractivity contribution in [3.63, 3.8) is 0 Å². The third kappa shape index (κ3) is 4.00. The van der Waals surface area contributed by atoms with Crippen molar-refractivity contribution in [1.29, 1.82) is 0 Å². The maximum Gasteiger partial charge on any atom is 0.410 e. The summed E-state index contributed by atoms with van der Waals surface area (Å²) in [7, 11) is 0. The van der Waals surface area contributed by atoms with Gasteiger partial charge in [0.25, 0.3) is 0 Å². The van der Waals surface area contributed by atoms with Crippen LogP contribution in [0.15, 0.2) is 0 Å². The van der Waals surface area contributed by atoms with Gasteiger partial charge in [0.2, 0.25) is 0 Å². The maximum absolute atomic E-state index is 12.0. The molecule has 0 aromatic heterocycles. The monoisotopic (exact) mass is 243 g/mol. The molecule has 0 bridgehead atoms. The van der Waals surface area contributed by atoms with Crippen molar-refractivity contribution in [2.75, 3.05) is 19.8 Å². The molecule has 1 rings (SSSR count). The van der Waals surface area contributed by atoms with Crippen molar-refractivity contribution in [2.24, 2.45) is 5.92 Å². The van der Waals surface area contributed by atoms with Crippen molar-refractivity contribution in [2.45, 2.75) is 39.3 Å². The molecule has 0 saturated carbocycles. The summed E-state index contributed by atoms with van der Waals surface area (Å²) in [5.41, 5.74) is -0.523. The molecule has 0 radical (unpaired) electrons. The standard InChI is InChI=1S/C12H21NO4/c1-9(7-14)10-8-16-6-5-13(10)11(15)17-12(2,3)4/h7,9-10H,5-6,8H2,1-4H3. The molecule has 2 unspecified atom stereocenters. The fourth-order valence-corrected chi connectivity index (χ4v) is 1.70. The first-order chi connectivity index (χ1) is 7.85. The number of carbonyl (C=O) groups is 2. The Kier molecular flexibility index (Phi) is 4.51. The van der Waals surface area contributed by atoms with E-state index in [4.69, 9.17) is 9.47 Å². The lowest BCUT2D eigenvalue weighted by Gasteiger charge is -2.38. The predicted molar refractivity (Wildman–Crippen MR) is 62.8 cm³/mol. The normalized spacial score (nSPS) is 23.1. The predicted octanol–water partition coefficient (Wildman–Crippen LogP) is 1.46. The quantitative estimate of drug-likeness (QED) is 0.689. The van der Waals surface area contributed by atoms with E-state index in [1.54, 1.807) is 11.8 Å². The van der Waals surface area contributed by atoms with Crippen molar-refractivity contribution in [1.82, 2.24) is 4.90 Å². The van der Waals surface area contributed by atoms with E-state index in [0.717, 1.165) is 6.29 Å². The first kappa shape index (κ1) is 14.0. The number of aldehydes is 1. The summed E-state index contributed by atoms with van der Waals surface area (Å²) < 4.78 is 10.6. The molecule has 5 heteroatoms. The molecular weight excluding hydrogens is 222 g/mol. The molecule has 0 spiro atoms. The fraction of sp³-hybridized carbons (Fsp3) is 0.833. The highest BCUT2D eigenvalue weighted by molar-refractivity contribution is 5.69. The zero-order valence-corrected chi connectivity index (χ0v) is 10.9. The van der Waals surface area contributed by atoms with Gasteiger partial charge in [-0.15, -0.1) is 0 Å². The van der Waals surface area contributed by atoms with Gasteiger partial charge in [0.05, 0.1) is 19.3 Å².